The molecule has 106 valence electrons. The van der Waals surface area contributed by atoms with Crippen LogP contribution in [-0.2, 0) is 6.61 Å². The highest BCUT2D eigenvalue weighted by Gasteiger charge is 2.24. The van der Waals surface area contributed by atoms with Gasteiger partial charge in [0.15, 0.2) is 0 Å². The summed E-state index contributed by atoms with van der Waals surface area (Å²) < 4.78 is 0. The summed E-state index contributed by atoms with van der Waals surface area (Å²) in [4.78, 5) is 9.44. The lowest BCUT2D eigenvalue weighted by atomic mass is 10.1. The fourth-order valence-corrected chi connectivity index (χ4v) is 2.97. The predicted octanol–water partition coefficient (Wildman–Crippen LogP) is 1.87. The molecule has 1 aliphatic rings. The van der Waals surface area contributed by atoms with Gasteiger partial charge in [0.25, 0.3) is 0 Å². The van der Waals surface area contributed by atoms with Crippen molar-refractivity contribution in [1.82, 2.24) is 9.88 Å². The lowest BCUT2D eigenvalue weighted by Gasteiger charge is -2.39. The van der Waals surface area contributed by atoms with Crippen molar-refractivity contribution in [2.45, 2.75) is 19.6 Å². The summed E-state index contributed by atoms with van der Waals surface area (Å²) in [6.45, 7) is 5.26. The van der Waals surface area contributed by atoms with E-state index in [1.165, 1.54) is 0 Å². The summed E-state index contributed by atoms with van der Waals surface area (Å²) in [6, 6.07) is 10.5. The molecular formula is C16H21N3O. The standard InChI is InChI=1S/C16H21N3O/c1-12-10-18(2)7-8-19(12)16-14(11-20)9-13-5-3-4-6-15(13)17-16/h3-6,9,12,20H,7-8,10-11H2,1-2H3. The van der Waals surface area contributed by atoms with Crippen molar-refractivity contribution in [2.75, 3.05) is 31.6 Å². The van der Waals surface area contributed by atoms with Crippen LogP contribution in [0.3, 0.4) is 0 Å². The fraction of sp³-hybridized carbons (Fsp3) is 0.438. The maximum atomic E-state index is 9.67. The number of benzene rings is 1. The number of hydrogen-bond donors (Lipinski definition) is 1. The van der Waals surface area contributed by atoms with E-state index in [0.717, 1.165) is 41.9 Å². The molecule has 1 aromatic carbocycles. The van der Waals surface area contributed by atoms with Crippen LogP contribution in [-0.4, -0.2) is 47.7 Å². The van der Waals surface area contributed by atoms with Crippen molar-refractivity contribution in [1.29, 1.82) is 0 Å². The Bertz CT molecular complexity index is 614. The Morgan fingerprint density at radius 3 is 2.85 bits per heavy atom. The van der Waals surface area contributed by atoms with Crippen molar-refractivity contribution in [3.8, 4) is 0 Å². The first-order valence-electron chi connectivity index (χ1n) is 7.13. The van der Waals surface area contributed by atoms with Crippen molar-refractivity contribution < 1.29 is 5.11 Å². The largest absolute Gasteiger partial charge is 0.392 e. The number of nitrogens with zero attached hydrogens (tertiary/aromatic N) is 3. The van der Waals surface area contributed by atoms with Gasteiger partial charge in [-0.25, -0.2) is 4.98 Å². The minimum Gasteiger partial charge on any atom is -0.392 e. The van der Waals surface area contributed by atoms with E-state index in [-0.39, 0.29) is 6.61 Å². The Morgan fingerprint density at radius 1 is 1.30 bits per heavy atom. The number of piperazine rings is 1. The molecule has 1 aromatic heterocycles. The smallest absolute Gasteiger partial charge is 0.135 e. The number of rotatable bonds is 2. The first-order valence-corrected chi connectivity index (χ1v) is 7.13. The van der Waals surface area contributed by atoms with Gasteiger partial charge < -0.3 is 14.9 Å². The van der Waals surface area contributed by atoms with Gasteiger partial charge in [-0.05, 0) is 26.1 Å². The Kier molecular flexibility index (Phi) is 3.59. The lowest BCUT2D eigenvalue weighted by Crippen LogP contribution is -2.51. The quantitative estimate of drug-likeness (QED) is 0.905. The maximum absolute atomic E-state index is 9.67. The van der Waals surface area contributed by atoms with E-state index in [1.54, 1.807) is 0 Å². The van der Waals surface area contributed by atoms with Crippen LogP contribution < -0.4 is 4.90 Å². The fourth-order valence-electron chi connectivity index (χ4n) is 2.97. The summed E-state index contributed by atoms with van der Waals surface area (Å²) >= 11 is 0. The molecule has 20 heavy (non-hydrogen) atoms. The Labute approximate surface area is 119 Å². The molecule has 0 aliphatic carbocycles. The van der Waals surface area contributed by atoms with Crippen molar-refractivity contribution in [3.63, 3.8) is 0 Å². The van der Waals surface area contributed by atoms with Gasteiger partial charge in [0, 0.05) is 36.6 Å². The number of hydrogen-bond acceptors (Lipinski definition) is 4. The summed E-state index contributed by atoms with van der Waals surface area (Å²) in [7, 11) is 2.15. The lowest BCUT2D eigenvalue weighted by molar-refractivity contribution is 0.268. The molecule has 2 heterocycles. The van der Waals surface area contributed by atoms with Crippen molar-refractivity contribution >= 4 is 16.7 Å². The molecule has 0 saturated carbocycles. The van der Waals surface area contributed by atoms with Crippen LogP contribution >= 0.6 is 0 Å². The zero-order chi connectivity index (χ0) is 14.1. The van der Waals surface area contributed by atoms with E-state index < -0.39 is 0 Å². The van der Waals surface area contributed by atoms with E-state index in [4.69, 9.17) is 4.98 Å². The first-order chi connectivity index (χ1) is 9.69. The number of para-hydroxylation sites is 1. The summed E-state index contributed by atoms with van der Waals surface area (Å²) in [5.74, 6) is 0.937. The van der Waals surface area contributed by atoms with Crippen LogP contribution in [0.2, 0.25) is 0 Å². The van der Waals surface area contributed by atoms with E-state index in [0.29, 0.717) is 6.04 Å². The van der Waals surface area contributed by atoms with Crippen LogP contribution in [0.1, 0.15) is 12.5 Å². The molecule has 1 N–H and O–H groups in total. The van der Waals surface area contributed by atoms with E-state index in [9.17, 15) is 5.11 Å². The van der Waals surface area contributed by atoms with Gasteiger partial charge >= 0.3 is 0 Å². The van der Waals surface area contributed by atoms with E-state index >= 15 is 0 Å². The van der Waals surface area contributed by atoms with Crippen LogP contribution in [0.4, 0.5) is 5.82 Å². The maximum Gasteiger partial charge on any atom is 0.135 e. The second-order valence-electron chi connectivity index (χ2n) is 5.63. The number of aromatic nitrogens is 1. The Morgan fingerprint density at radius 2 is 2.10 bits per heavy atom. The molecule has 1 unspecified atom stereocenters. The molecule has 1 aliphatic heterocycles. The number of pyridine rings is 1. The molecule has 1 fully saturated rings. The molecular weight excluding hydrogens is 250 g/mol. The summed E-state index contributed by atoms with van der Waals surface area (Å²) in [5.41, 5.74) is 1.91. The molecule has 0 amide bonds. The van der Waals surface area contributed by atoms with Crippen molar-refractivity contribution in [3.05, 3.63) is 35.9 Å². The van der Waals surface area contributed by atoms with E-state index in [1.807, 2.05) is 24.3 Å². The zero-order valence-corrected chi connectivity index (χ0v) is 12.1. The third-order valence-corrected chi connectivity index (χ3v) is 4.05. The molecule has 3 rings (SSSR count). The number of anilines is 1. The zero-order valence-electron chi connectivity index (χ0n) is 12.1. The van der Waals surface area contributed by atoms with Crippen LogP contribution in [0.25, 0.3) is 10.9 Å². The highest BCUT2D eigenvalue weighted by Crippen LogP contribution is 2.26. The van der Waals surface area contributed by atoms with Crippen LogP contribution in [0.5, 0.6) is 0 Å². The second kappa shape index (κ2) is 5.38. The molecule has 1 atom stereocenters. The number of aliphatic hydroxyl groups excluding tert-OH is 1. The van der Waals surface area contributed by atoms with Crippen LogP contribution in [0.15, 0.2) is 30.3 Å². The van der Waals surface area contributed by atoms with Gasteiger partial charge in [-0.15, -0.1) is 0 Å². The van der Waals surface area contributed by atoms with Crippen molar-refractivity contribution in [2.24, 2.45) is 0 Å². The molecule has 0 spiro atoms. The van der Waals surface area contributed by atoms with Gasteiger partial charge in [-0.3, -0.25) is 0 Å². The molecule has 4 heteroatoms. The monoisotopic (exact) mass is 271 g/mol. The predicted molar refractivity (Wildman–Crippen MR) is 82.0 cm³/mol. The highest BCUT2D eigenvalue weighted by atomic mass is 16.3. The van der Waals surface area contributed by atoms with E-state index in [2.05, 4.69) is 29.8 Å². The number of likely N-dealkylation sites (N-methyl/N-ethyl adjacent to an activating group) is 1. The molecule has 0 bridgehead atoms. The van der Waals surface area contributed by atoms with Gasteiger partial charge in [0.1, 0.15) is 5.82 Å². The topological polar surface area (TPSA) is 39.6 Å². The molecule has 0 radical (unpaired) electrons. The van der Waals surface area contributed by atoms with Gasteiger partial charge in [0.2, 0.25) is 0 Å². The molecule has 4 nitrogen and oxygen atoms in total. The van der Waals surface area contributed by atoms with Crippen LogP contribution in [0, 0.1) is 0 Å². The SMILES string of the molecule is CC1CN(C)CCN1c1nc2ccccc2cc1CO. The molecule has 2 aromatic rings. The molecule has 1 saturated heterocycles. The van der Waals surface area contributed by atoms with Gasteiger partial charge in [0.05, 0.1) is 12.1 Å². The number of aliphatic hydroxyl groups is 1. The average molecular weight is 271 g/mol. The average Bonchev–Trinajstić information content (AvgIpc) is 2.46. The highest BCUT2D eigenvalue weighted by molar-refractivity contribution is 5.81. The Hall–Kier alpha value is -1.65. The third-order valence-electron chi connectivity index (χ3n) is 4.05. The third kappa shape index (κ3) is 2.37. The first kappa shape index (κ1) is 13.3. The Balaban J connectivity index is 2.05. The van der Waals surface area contributed by atoms with Gasteiger partial charge in [-0.2, -0.15) is 0 Å². The normalized spacial score (nSPS) is 20.6. The number of fused-ring (bicyclic) bond motifs is 1. The minimum absolute atomic E-state index is 0.0340. The van der Waals surface area contributed by atoms with Gasteiger partial charge in [-0.1, -0.05) is 18.2 Å². The second-order valence-corrected chi connectivity index (χ2v) is 5.63. The summed E-state index contributed by atoms with van der Waals surface area (Å²) in [5, 5.41) is 10.8. The summed E-state index contributed by atoms with van der Waals surface area (Å²) in [6.07, 6.45) is 0. The minimum atomic E-state index is 0.0340.